The highest BCUT2D eigenvalue weighted by Gasteiger charge is 2.37. The molecule has 6 aromatic heterocycles. The van der Waals surface area contributed by atoms with Crippen LogP contribution >= 0.6 is 0 Å². The van der Waals surface area contributed by atoms with Crippen molar-refractivity contribution in [3.8, 4) is 85.2 Å². The minimum absolute atomic E-state index is 0.0459. The smallest absolute Gasteiger partial charge is 0.309 e. The summed E-state index contributed by atoms with van der Waals surface area (Å²) in [6, 6.07) is 36.9. The monoisotopic (exact) mass is 1150 g/mol. The molecule has 0 fully saturated rings. The van der Waals surface area contributed by atoms with Crippen LogP contribution in [0.3, 0.4) is 0 Å². The second-order valence-corrected chi connectivity index (χ2v) is 21.0. The van der Waals surface area contributed by atoms with Crippen LogP contribution in [-0.2, 0) is 12.4 Å². The van der Waals surface area contributed by atoms with Gasteiger partial charge in [0.1, 0.15) is 46.6 Å². The summed E-state index contributed by atoms with van der Waals surface area (Å²) in [5.74, 6) is 5.95. The summed E-state index contributed by atoms with van der Waals surface area (Å²) in [4.78, 5) is 55.1. The molecule has 86 heavy (non-hydrogen) atoms. The third-order valence-corrected chi connectivity index (χ3v) is 14.8. The Bertz CT molecular complexity index is 4730. The molecular formula is C65H45F6N15. The Hall–Kier alpha value is -10.8. The zero-order chi connectivity index (χ0) is 60.2. The van der Waals surface area contributed by atoms with Gasteiger partial charge in [-0.25, -0.2) is 59.8 Å². The van der Waals surface area contributed by atoms with Crippen LogP contribution in [0.15, 0.2) is 127 Å². The first-order chi connectivity index (χ1) is 41.0. The fourth-order valence-electron chi connectivity index (χ4n) is 11.4. The molecule has 0 aliphatic rings. The number of nitriles is 1. The predicted molar refractivity (Wildman–Crippen MR) is 314 cm³/mol. The SMILES string of the molecule is Cc1nc(C)nc(-c2ccc3c(c2)c2cc(-c4nc(C)nc(C)n4)ccc2n3-c2ccc(-c3cc(C(F)(F)F)cc(C(F)(F)F)c3)cc2-c2ccc(C#N)cc2-n2c3ccc(-c4nc(C)nc(C)n4)cc3c3cc(-c4nc(C)nc(C)n4)ccc32)n1. The molecule has 0 amide bonds. The highest BCUT2D eigenvalue weighted by molar-refractivity contribution is 6.14. The summed E-state index contributed by atoms with van der Waals surface area (Å²) in [6.45, 7) is 14.3. The van der Waals surface area contributed by atoms with E-state index in [1.165, 1.54) is 6.07 Å². The number of hydrogen-bond acceptors (Lipinski definition) is 13. The van der Waals surface area contributed by atoms with Crippen LogP contribution in [0.25, 0.3) is 123 Å². The molecule has 21 heteroatoms. The Morgan fingerprint density at radius 1 is 0.314 bits per heavy atom. The molecule has 0 aliphatic carbocycles. The van der Waals surface area contributed by atoms with E-state index in [4.69, 9.17) is 0 Å². The zero-order valence-corrected chi connectivity index (χ0v) is 47.1. The summed E-state index contributed by atoms with van der Waals surface area (Å²) < 4.78 is 92.2. The van der Waals surface area contributed by atoms with Crippen molar-refractivity contribution in [2.24, 2.45) is 0 Å². The number of benzene rings is 7. The maximum atomic E-state index is 14.7. The third kappa shape index (κ3) is 9.83. The van der Waals surface area contributed by atoms with E-state index in [1.54, 1.807) is 85.7 Å². The summed E-state index contributed by atoms with van der Waals surface area (Å²) in [5.41, 5.74) is 4.18. The molecule has 7 aromatic carbocycles. The van der Waals surface area contributed by atoms with Crippen LogP contribution in [0.1, 0.15) is 63.3 Å². The lowest BCUT2D eigenvalue weighted by Gasteiger charge is -2.21. The van der Waals surface area contributed by atoms with Crippen molar-refractivity contribution in [3.63, 3.8) is 0 Å². The highest BCUT2D eigenvalue weighted by atomic mass is 19.4. The zero-order valence-electron chi connectivity index (χ0n) is 47.1. The molecule has 422 valence electrons. The lowest BCUT2D eigenvalue weighted by atomic mass is 9.93. The van der Waals surface area contributed by atoms with Gasteiger partial charge in [0.2, 0.25) is 0 Å². The molecule has 0 unspecified atom stereocenters. The van der Waals surface area contributed by atoms with Crippen molar-refractivity contribution in [1.82, 2.24) is 68.9 Å². The van der Waals surface area contributed by atoms with E-state index in [2.05, 4.69) is 65.9 Å². The van der Waals surface area contributed by atoms with Gasteiger partial charge in [0.25, 0.3) is 0 Å². The summed E-state index contributed by atoms with van der Waals surface area (Å²) in [7, 11) is 0. The second-order valence-electron chi connectivity index (χ2n) is 21.0. The minimum atomic E-state index is -5.13. The Labute approximate surface area is 485 Å². The van der Waals surface area contributed by atoms with Crippen molar-refractivity contribution in [1.29, 1.82) is 5.26 Å². The molecule has 6 heterocycles. The number of nitrogens with zero attached hydrogens (tertiary/aromatic N) is 15. The minimum Gasteiger partial charge on any atom is -0.309 e. The normalized spacial score (nSPS) is 12.1. The number of fused-ring (bicyclic) bond motifs is 6. The molecule has 0 aliphatic heterocycles. The summed E-state index contributed by atoms with van der Waals surface area (Å²) in [5, 5.41) is 13.7. The van der Waals surface area contributed by atoms with Gasteiger partial charge in [-0.05, 0) is 182 Å². The van der Waals surface area contributed by atoms with Gasteiger partial charge in [-0.15, -0.1) is 0 Å². The van der Waals surface area contributed by atoms with E-state index in [0.717, 1.165) is 33.7 Å². The van der Waals surface area contributed by atoms with E-state index in [9.17, 15) is 31.6 Å². The molecule has 0 N–H and O–H groups in total. The van der Waals surface area contributed by atoms with Crippen molar-refractivity contribution in [2.45, 2.75) is 67.7 Å². The van der Waals surface area contributed by atoms with Crippen molar-refractivity contribution < 1.29 is 26.3 Å². The van der Waals surface area contributed by atoms with Gasteiger partial charge in [0.05, 0.1) is 56.2 Å². The average molecular weight is 1150 g/mol. The number of aromatic nitrogens is 14. The lowest BCUT2D eigenvalue weighted by Crippen LogP contribution is -2.11. The molecule has 15 nitrogen and oxygen atoms in total. The molecule has 13 aromatic rings. The van der Waals surface area contributed by atoms with Crippen LogP contribution < -0.4 is 0 Å². The fourth-order valence-corrected chi connectivity index (χ4v) is 11.4. The first-order valence-electron chi connectivity index (χ1n) is 27.0. The maximum Gasteiger partial charge on any atom is 0.416 e. The average Bonchev–Trinajstić information content (AvgIpc) is 1.58. The fraction of sp³-hybridized carbons (Fsp3) is 0.154. The highest BCUT2D eigenvalue weighted by Crippen LogP contribution is 2.46. The van der Waals surface area contributed by atoms with Crippen LogP contribution in [-0.4, -0.2) is 68.9 Å². The lowest BCUT2D eigenvalue weighted by molar-refractivity contribution is -0.143. The van der Waals surface area contributed by atoms with Crippen LogP contribution in [0.5, 0.6) is 0 Å². The van der Waals surface area contributed by atoms with Gasteiger partial charge in [-0.2, -0.15) is 31.6 Å². The molecule has 0 atom stereocenters. The molecule has 0 spiro atoms. The van der Waals surface area contributed by atoms with E-state index in [1.807, 2.05) is 81.9 Å². The van der Waals surface area contributed by atoms with Crippen LogP contribution in [0, 0.1) is 66.7 Å². The van der Waals surface area contributed by atoms with Crippen LogP contribution in [0.2, 0.25) is 0 Å². The van der Waals surface area contributed by atoms with E-state index >= 15 is 0 Å². The Kier molecular flexibility index (Phi) is 12.8. The van der Waals surface area contributed by atoms with E-state index in [0.29, 0.717) is 137 Å². The predicted octanol–water partition coefficient (Wildman–Crippen LogP) is 15.0. The number of hydrogen-bond donors (Lipinski definition) is 0. The van der Waals surface area contributed by atoms with Gasteiger partial charge < -0.3 is 9.13 Å². The number of alkyl halides is 6. The molecule has 0 saturated carbocycles. The van der Waals surface area contributed by atoms with Crippen molar-refractivity contribution in [3.05, 3.63) is 191 Å². The molecule has 13 rings (SSSR count). The number of halogens is 6. The van der Waals surface area contributed by atoms with Gasteiger partial charge in [-0.3, -0.25) is 0 Å². The van der Waals surface area contributed by atoms with Gasteiger partial charge in [-0.1, -0.05) is 12.1 Å². The van der Waals surface area contributed by atoms with Crippen molar-refractivity contribution in [2.75, 3.05) is 0 Å². The topological polar surface area (TPSA) is 188 Å². The molecule has 0 radical (unpaired) electrons. The third-order valence-electron chi connectivity index (χ3n) is 14.8. The standard InChI is InChI=1S/C65H45F6N15/c1-31-73-32(2)78-60(77-31)41-11-17-55-50(25-41)51-26-42(61-79-33(3)74-34(4)80-61)12-18-56(51)85(55)54-16-10-40(45-22-46(64(66,67)68)29-47(23-45)65(69,70)71)24-49(54)48-15-9-39(30-72)21-59(48)86-57-19-13-43(62-81-35(5)75-36(6)82-62)27-52(57)53-28-44(14-20-58(53)86)63-83-37(7)76-38(8)84-63/h9-29H,1-8H3. The first-order valence-corrected chi connectivity index (χ1v) is 27.0. The molecule has 0 bridgehead atoms. The summed E-state index contributed by atoms with van der Waals surface area (Å²) >= 11 is 0. The Balaban J connectivity index is 1.14. The summed E-state index contributed by atoms with van der Waals surface area (Å²) in [6.07, 6.45) is -10.3. The molecule has 0 saturated heterocycles. The number of rotatable bonds is 8. The van der Waals surface area contributed by atoms with Crippen molar-refractivity contribution >= 4 is 43.6 Å². The first kappa shape index (κ1) is 54.5. The maximum absolute atomic E-state index is 14.7. The quantitative estimate of drug-likeness (QED) is 0.131. The Morgan fingerprint density at radius 2 is 0.640 bits per heavy atom. The number of aryl methyl sites for hydroxylation is 8. The van der Waals surface area contributed by atoms with Gasteiger partial charge >= 0.3 is 12.4 Å². The largest absolute Gasteiger partial charge is 0.416 e. The molecular weight excluding hydrogens is 1100 g/mol. The second kappa shape index (κ2) is 20.3. The van der Waals surface area contributed by atoms with E-state index < -0.39 is 23.5 Å². The van der Waals surface area contributed by atoms with Crippen LogP contribution in [0.4, 0.5) is 26.3 Å². The van der Waals surface area contributed by atoms with E-state index in [-0.39, 0.29) is 22.8 Å². The van der Waals surface area contributed by atoms with Gasteiger partial charge in [0, 0.05) is 54.9 Å². The Morgan fingerprint density at radius 3 is 0.965 bits per heavy atom. The van der Waals surface area contributed by atoms with Gasteiger partial charge in [0.15, 0.2) is 23.3 Å².